The third kappa shape index (κ3) is 5.17. The standard InChI is InChI=1S/C18H23N3O4/c19-20-18(23)15-10-11-16(14-8-5-4-7-13(14)15)25-12-6-2-1-3-9-17(22)21-24/h4-5,7-8,10-11,24H,1-3,6,9,12,19H2,(H,20,23)(H,21,22). The van der Waals surface area contributed by atoms with E-state index in [-0.39, 0.29) is 11.8 Å². The van der Waals surface area contributed by atoms with Gasteiger partial charge in [0.05, 0.1) is 6.61 Å². The van der Waals surface area contributed by atoms with E-state index >= 15 is 0 Å². The van der Waals surface area contributed by atoms with Crippen molar-refractivity contribution in [3.05, 3.63) is 42.0 Å². The van der Waals surface area contributed by atoms with Crippen molar-refractivity contribution in [3.63, 3.8) is 0 Å². The highest BCUT2D eigenvalue weighted by atomic mass is 16.5. The van der Waals surface area contributed by atoms with E-state index in [1.54, 1.807) is 17.6 Å². The SMILES string of the molecule is NNC(=O)c1ccc(OCCCCCCC(=O)NO)c2ccccc12. The molecule has 134 valence electrons. The molecule has 0 bridgehead atoms. The first-order chi connectivity index (χ1) is 12.2. The molecule has 0 aliphatic carbocycles. The second kappa shape index (κ2) is 9.61. The van der Waals surface area contributed by atoms with E-state index in [0.29, 0.717) is 18.6 Å². The van der Waals surface area contributed by atoms with Crippen LogP contribution in [-0.2, 0) is 4.79 Å². The van der Waals surface area contributed by atoms with Crippen molar-refractivity contribution in [2.45, 2.75) is 32.1 Å². The van der Waals surface area contributed by atoms with Crippen LogP contribution in [0.15, 0.2) is 36.4 Å². The summed E-state index contributed by atoms with van der Waals surface area (Å²) in [6, 6.07) is 11.0. The number of hydrogen-bond acceptors (Lipinski definition) is 5. The van der Waals surface area contributed by atoms with Gasteiger partial charge in [0, 0.05) is 17.4 Å². The molecule has 0 unspecified atom stereocenters. The molecule has 0 saturated heterocycles. The van der Waals surface area contributed by atoms with Crippen molar-refractivity contribution in [1.29, 1.82) is 0 Å². The summed E-state index contributed by atoms with van der Waals surface area (Å²) in [6.07, 6.45) is 3.75. The number of carbonyl (C=O) groups excluding carboxylic acids is 2. The average molecular weight is 345 g/mol. The molecule has 7 nitrogen and oxygen atoms in total. The number of hydroxylamine groups is 1. The lowest BCUT2D eigenvalue weighted by molar-refractivity contribution is -0.129. The Bertz CT molecular complexity index is 733. The van der Waals surface area contributed by atoms with E-state index in [2.05, 4.69) is 5.43 Å². The van der Waals surface area contributed by atoms with Gasteiger partial charge in [-0.2, -0.15) is 0 Å². The summed E-state index contributed by atoms with van der Waals surface area (Å²) in [7, 11) is 0. The third-order valence-electron chi connectivity index (χ3n) is 3.94. The normalized spacial score (nSPS) is 10.5. The number of nitrogen functional groups attached to an aromatic ring is 1. The number of nitrogens with two attached hydrogens (primary N) is 1. The zero-order valence-electron chi connectivity index (χ0n) is 14.0. The highest BCUT2D eigenvalue weighted by Crippen LogP contribution is 2.28. The minimum Gasteiger partial charge on any atom is -0.493 e. The second-order valence-electron chi connectivity index (χ2n) is 5.68. The van der Waals surface area contributed by atoms with Crippen molar-refractivity contribution in [2.24, 2.45) is 5.84 Å². The van der Waals surface area contributed by atoms with Gasteiger partial charge < -0.3 is 4.74 Å². The van der Waals surface area contributed by atoms with Gasteiger partial charge in [0.2, 0.25) is 5.91 Å². The monoisotopic (exact) mass is 345 g/mol. The van der Waals surface area contributed by atoms with Crippen LogP contribution < -0.4 is 21.5 Å². The van der Waals surface area contributed by atoms with Crippen molar-refractivity contribution in [2.75, 3.05) is 6.61 Å². The molecule has 0 radical (unpaired) electrons. The number of ether oxygens (including phenoxy) is 1. The lowest BCUT2D eigenvalue weighted by atomic mass is 10.0. The van der Waals surface area contributed by atoms with Gasteiger partial charge in [-0.1, -0.05) is 37.1 Å². The number of hydrogen-bond donors (Lipinski definition) is 4. The van der Waals surface area contributed by atoms with E-state index < -0.39 is 0 Å². The van der Waals surface area contributed by atoms with Gasteiger partial charge in [-0.05, 0) is 30.4 Å². The molecule has 2 aromatic carbocycles. The third-order valence-corrected chi connectivity index (χ3v) is 3.94. The summed E-state index contributed by atoms with van der Waals surface area (Å²) in [4.78, 5) is 22.7. The molecule has 0 atom stereocenters. The van der Waals surface area contributed by atoms with Crippen LogP contribution in [0.2, 0.25) is 0 Å². The molecule has 0 aromatic heterocycles. The van der Waals surface area contributed by atoms with E-state index in [0.717, 1.165) is 42.2 Å². The molecule has 25 heavy (non-hydrogen) atoms. The van der Waals surface area contributed by atoms with Crippen LogP contribution in [0.1, 0.15) is 42.5 Å². The van der Waals surface area contributed by atoms with Crippen LogP contribution in [0.3, 0.4) is 0 Å². The van der Waals surface area contributed by atoms with Crippen LogP contribution in [0, 0.1) is 0 Å². The summed E-state index contributed by atoms with van der Waals surface area (Å²) >= 11 is 0. The molecule has 0 fully saturated rings. The number of nitrogens with one attached hydrogen (secondary N) is 2. The molecule has 0 aliphatic heterocycles. The predicted molar refractivity (Wildman–Crippen MR) is 94.1 cm³/mol. The molecule has 7 heteroatoms. The first kappa shape index (κ1) is 18.7. The predicted octanol–water partition coefficient (Wildman–Crippen LogP) is 2.28. The van der Waals surface area contributed by atoms with Gasteiger partial charge in [0.25, 0.3) is 5.91 Å². The molecule has 0 saturated carbocycles. The topological polar surface area (TPSA) is 114 Å². The van der Waals surface area contributed by atoms with E-state index in [4.69, 9.17) is 15.8 Å². The highest BCUT2D eigenvalue weighted by molar-refractivity contribution is 6.08. The van der Waals surface area contributed by atoms with E-state index in [1.807, 2.05) is 24.3 Å². The zero-order chi connectivity index (χ0) is 18.1. The van der Waals surface area contributed by atoms with Crippen LogP contribution >= 0.6 is 0 Å². The van der Waals surface area contributed by atoms with Crippen molar-refractivity contribution in [3.8, 4) is 5.75 Å². The van der Waals surface area contributed by atoms with E-state index in [9.17, 15) is 9.59 Å². The van der Waals surface area contributed by atoms with Crippen molar-refractivity contribution < 1.29 is 19.5 Å². The van der Waals surface area contributed by atoms with Gasteiger partial charge in [-0.25, -0.2) is 11.3 Å². The lowest BCUT2D eigenvalue weighted by Crippen LogP contribution is -2.30. The summed E-state index contributed by atoms with van der Waals surface area (Å²) in [6.45, 7) is 0.554. The smallest absolute Gasteiger partial charge is 0.265 e. The summed E-state index contributed by atoms with van der Waals surface area (Å²) < 4.78 is 5.85. The van der Waals surface area contributed by atoms with Gasteiger partial charge in [-0.15, -0.1) is 0 Å². The molecule has 2 amide bonds. The Kier molecular flexibility index (Phi) is 7.18. The molecule has 0 spiro atoms. The Morgan fingerprint density at radius 2 is 1.72 bits per heavy atom. The highest BCUT2D eigenvalue weighted by Gasteiger charge is 2.11. The van der Waals surface area contributed by atoms with Gasteiger partial charge >= 0.3 is 0 Å². The fourth-order valence-electron chi connectivity index (χ4n) is 2.65. The molecule has 0 heterocycles. The molecular formula is C18H23N3O4. The number of fused-ring (bicyclic) bond motifs is 1. The first-order valence-electron chi connectivity index (χ1n) is 8.25. The van der Waals surface area contributed by atoms with Crippen LogP contribution in [0.25, 0.3) is 10.8 Å². The van der Waals surface area contributed by atoms with Crippen molar-refractivity contribution in [1.82, 2.24) is 10.9 Å². The number of carbonyl (C=O) groups is 2. The maximum Gasteiger partial charge on any atom is 0.265 e. The Morgan fingerprint density at radius 3 is 2.44 bits per heavy atom. The summed E-state index contributed by atoms with van der Waals surface area (Å²) in [5.41, 5.74) is 4.28. The molecule has 0 aliphatic rings. The molecule has 5 N–H and O–H groups in total. The first-order valence-corrected chi connectivity index (χ1v) is 8.25. The maximum absolute atomic E-state index is 11.8. The summed E-state index contributed by atoms with van der Waals surface area (Å²) in [5, 5.41) is 10.1. The minimum absolute atomic E-state index is 0.326. The molecular weight excluding hydrogens is 322 g/mol. The fourth-order valence-corrected chi connectivity index (χ4v) is 2.65. The number of amides is 2. The lowest BCUT2D eigenvalue weighted by Gasteiger charge is -2.12. The minimum atomic E-state index is -0.357. The van der Waals surface area contributed by atoms with Crippen LogP contribution in [-0.4, -0.2) is 23.6 Å². The Morgan fingerprint density at radius 1 is 1.00 bits per heavy atom. The van der Waals surface area contributed by atoms with Crippen LogP contribution in [0.4, 0.5) is 0 Å². The van der Waals surface area contributed by atoms with Crippen LogP contribution in [0.5, 0.6) is 5.75 Å². The zero-order valence-corrected chi connectivity index (χ0v) is 14.0. The number of benzene rings is 2. The number of hydrazine groups is 1. The number of rotatable bonds is 9. The largest absolute Gasteiger partial charge is 0.493 e. The Hall–Kier alpha value is -2.64. The average Bonchev–Trinajstić information content (AvgIpc) is 2.66. The van der Waals surface area contributed by atoms with E-state index in [1.165, 1.54) is 0 Å². The summed E-state index contributed by atoms with van der Waals surface area (Å²) in [5.74, 6) is 5.26. The molecule has 2 rings (SSSR count). The van der Waals surface area contributed by atoms with Crippen molar-refractivity contribution >= 4 is 22.6 Å². The molecule has 2 aromatic rings. The van der Waals surface area contributed by atoms with Gasteiger partial charge in [0.15, 0.2) is 0 Å². The number of unbranched alkanes of at least 4 members (excludes halogenated alkanes) is 3. The second-order valence-corrected chi connectivity index (χ2v) is 5.68. The Labute approximate surface area is 146 Å². The fraction of sp³-hybridized carbons (Fsp3) is 0.333. The Balaban J connectivity index is 1.90. The maximum atomic E-state index is 11.8. The van der Waals surface area contributed by atoms with Gasteiger partial charge in [-0.3, -0.25) is 20.2 Å². The van der Waals surface area contributed by atoms with Gasteiger partial charge in [0.1, 0.15) is 5.75 Å². The quantitative estimate of drug-likeness (QED) is 0.183.